The molecule has 1 heterocycles. The molecular weight excluding hydrogens is 292 g/mol. The van der Waals surface area contributed by atoms with E-state index in [9.17, 15) is 0 Å². The zero-order valence-corrected chi connectivity index (χ0v) is 12.3. The van der Waals surface area contributed by atoms with Gasteiger partial charge in [0.05, 0.1) is 15.9 Å². The Bertz CT molecular complexity index is 508. The van der Waals surface area contributed by atoms with Crippen molar-refractivity contribution in [2.45, 2.75) is 33.4 Å². The third-order valence-electron chi connectivity index (χ3n) is 2.81. The smallest absolute Gasteiger partial charge is 0.131 e. The Kier molecular flexibility index (Phi) is 4.42. The van der Waals surface area contributed by atoms with Gasteiger partial charge in [0.1, 0.15) is 12.4 Å². The van der Waals surface area contributed by atoms with Crippen LogP contribution in [0.3, 0.4) is 0 Å². The number of para-hydroxylation sites is 1. The van der Waals surface area contributed by atoms with Crippen LogP contribution in [0.2, 0.25) is 0 Å². The fraction of sp³-hybridized carbons (Fsp3) is 0.357. The lowest BCUT2D eigenvalue weighted by Crippen LogP contribution is -2.06. The fourth-order valence-electron chi connectivity index (χ4n) is 1.82. The molecule has 0 saturated heterocycles. The number of ether oxygens (including phenoxy) is 1. The number of hydrogen-bond acceptors (Lipinski definition) is 2. The Morgan fingerprint density at radius 1 is 1.22 bits per heavy atom. The largest absolute Gasteiger partial charge is 0.487 e. The quantitative estimate of drug-likeness (QED) is 0.840. The lowest BCUT2D eigenvalue weighted by Gasteiger charge is -2.08. The molecule has 0 atom stereocenters. The molecule has 96 valence electrons. The molecule has 18 heavy (non-hydrogen) atoms. The first-order chi connectivity index (χ1) is 8.76. The summed E-state index contributed by atoms with van der Waals surface area (Å²) in [6.07, 6.45) is 0.923. The maximum atomic E-state index is 5.78. The molecule has 1 aromatic heterocycles. The maximum Gasteiger partial charge on any atom is 0.131 e. The molecule has 1 aromatic carbocycles. The average Bonchev–Trinajstić information content (AvgIpc) is 2.73. The lowest BCUT2D eigenvalue weighted by molar-refractivity contribution is 0.291. The summed E-state index contributed by atoms with van der Waals surface area (Å²) in [5, 5.41) is 4.55. The van der Waals surface area contributed by atoms with E-state index in [1.54, 1.807) is 0 Å². The van der Waals surface area contributed by atoms with Crippen LogP contribution in [0.1, 0.15) is 25.2 Å². The van der Waals surface area contributed by atoms with E-state index in [-0.39, 0.29) is 0 Å². The van der Waals surface area contributed by atoms with E-state index in [4.69, 9.17) is 4.74 Å². The van der Waals surface area contributed by atoms with Crippen LogP contribution < -0.4 is 4.74 Å². The van der Waals surface area contributed by atoms with E-state index >= 15 is 0 Å². The van der Waals surface area contributed by atoms with Gasteiger partial charge in [-0.05, 0) is 41.4 Å². The molecular formula is C14H17BrN2O. The minimum Gasteiger partial charge on any atom is -0.487 e. The second-order valence-electron chi connectivity index (χ2n) is 3.98. The van der Waals surface area contributed by atoms with Gasteiger partial charge in [-0.1, -0.05) is 25.1 Å². The number of rotatable bonds is 5. The number of hydrogen-bond donors (Lipinski definition) is 0. The van der Waals surface area contributed by atoms with Crippen LogP contribution in [-0.2, 0) is 19.6 Å². The minimum absolute atomic E-state index is 0.533. The van der Waals surface area contributed by atoms with Crippen molar-refractivity contribution in [3.63, 3.8) is 0 Å². The van der Waals surface area contributed by atoms with Gasteiger partial charge < -0.3 is 4.74 Å². The van der Waals surface area contributed by atoms with Crippen molar-refractivity contribution in [1.29, 1.82) is 0 Å². The summed E-state index contributed by atoms with van der Waals surface area (Å²) in [6.45, 7) is 5.58. The molecule has 0 aliphatic heterocycles. The number of benzene rings is 1. The summed E-state index contributed by atoms with van der Waals surface area (Å²) < 4.78 is 8.85. The molecule has 3 nitrogen and oxygen atoms in total. The third kappa shape index (κ3) is 2.75. The summed E-state index contributed by atoms with van der Waals surface area (Å²) in [4.78, 5) is 0. The Balaban J connectivity index is 2.16. The Morgan fingerprint density at radius 2 is 1.94 bits per heavy atom. The first-order valence-electron chi connectivity index (χ1n) is 6.18. The van der Waals surface area contributed by atoms with Crippen LogP contribution in [-0.4, -0.2) is 9.78 Å². The van der Waals surface area contributed by atoms with Gasteiger partial charge in [-0.3, -0.25) is 4.68 Å². The monoisotopic (exact) mass is 308 g/mol. The van der Waals surface area contributed by atoms with Gasteiger partial charge in [0.15, 0.2) is 0 Å². The SMILES string of the molecule is CCc1nn(CC)c(COc2ccccc2)c1Br. The third-order valence-corrected chi connectivity index (χ3v) is 3.73. The fourth-order valence-corrected chi connectivity index (χ4v) is 2.50. The molecule has 4 heteroatoms. The number of halogens is 1. The van der Waals surface area contributed by atoms with Gasteiger partial charge >= 0.3 is 0 Å². The normalized spacial score (nSPS) is 10.6. The van der Waals surface area contributed by atoms with Crippen LogP contribution in [0, 0.1) is 0 Å². The Morgan fingerprint density at radius 3 is 2.56 bits per heavy atom. The highest BCUT2D eigenvalue weighted by Crippen LogP contribution is 2.23. The molecule has 0 aliphatic carbocycles. The molecule has 0 amide bonds. The predicted molar refractivity (Wildman–Crippen MR) is 75.8 cm³/mol. The highest BCUT2D eigenvalue weighted by molar-refractivity contribution is 9.10. The van der Waals surface area contributed by atoms with E-state index in [1.165, 1.54) is 0 Å². The minimum atomic E-state index is 0.533. The van der Waals surface area contributed by atoms with Gasteiger partial charge in [0.25, 0.3) is 0 Å². The van der Waals surface area contributed by atoms with E-state index in [0.717, 1.165) is 34.6 Å². The summed E-state index contributed by atoms with van der Waals surface area (Å²) in [6, 6.07) is 9.84. The molecule has 0 saturated carbocycles. The van der Waals surface area contributed by atoms with Crippen molar-refractivity contribution < 1.29 is 4.74 Å². The average molecular weight is 309 g/mol. The van der Waals surface area contributed by atoms with Crippen molar-refractivity contribution in [3.05, 3.63) is 46.2 Å². The number of nitrogens with zero attached hydrogens (tertiary/aromatic N) is 2. The first-order valence-corrected chi connectivity index (χ1v) is 6.97. The van der Waals surface area contributed by atoms with Gasteiger partial charge in [0.2, 0.25) is 0 Å². The number of aryl methyl sites for hydroxylation is 2. The van der Waals surface area contributed by atoms with Gasteiger partial charge in [-0.2, -0.15) is 5.10 Å². The van der Waals surface area contributed by atoms with E-state index in [1.807, 2.05) is 35.0 Å². The van der Waals surface area contributed by atoms with E-state index in [0.29, 0.717) is 6.61 Å². The highest BCUT2D eigenvalue weighted by atomic mass is 79.9. The second kappa shape index (κ2) is 6.05. The maximum absolute atomic E-state index is 5.78. The van der Waals surface area contributed by atoms with Crippen LogP contribution in [0.25, 0.3) is 0 Å². The van der Waals surface area contributed by atoms with Gasteiger partial charge in [0, 0.05) is 6.54 Å². The lowest BCUT2D eigenvalue weighted by atomic mass is 10.3. The van der Waals surface area contributed by atoms with Crippen molar-refractivity contribution in [1.82, 2.24) is 9.78 Å². The molecule has 0 fully saturated rings. The molecule has 0 bridgehead atoms. The topological polar surface area (TPSA) is 27.1 Å². The molecule has 2 aromatic rings. The van der Waals surface area contributed by atoms with Crippen molar-refractivity contribution >= 4 is 15.9 Å². The van der Waals surface area contributed by atoms with Crippen molar-refractivity contribution in [2.24, 2.45) is 0 Å². The Hall–Kier alpha value is -1.29. The summed E-state index contributed by atoms with van der Waals surface area (Å²) in [5.74, 6) is 0.881. The van der Waals surface area contributed by atoms with Crippen molar-refractivity contribution in [2.75, 3.05) is 0 Å². The van der Waals surface area contributed by atoms with Crippen LogP contribution in [0.15, 0.2) is 34.8 Å². The summed E-state index contributed by atoms with van der Waals surface area (Å²) >= 11 is 3.61. The van der Waals surface area contributed by atoms with E-state index < -0.39 is 0 Å². The van der Waals surface area contributed by atoms with Crippen LogP contribution in [0.4, 0.5) is 0 Å². The molecule has 0 radical (unpaired) electrons. The first kappa shape index (κ1) is 13.1. The molecule has 0 unspecified atom stereocenters. The molecule has 0 aliphatic rings. The van der Waals surface area contributed by atoms with Gasteiger partial charge in [-0.15, -0.1) is 0 Å². The predicted octanol–water partition coefficient (Wildman–Crippen LogP) is 3.81. The standard InChI is InChI=1S/C14H17BrN2O/c1-3-12-14(15)13(17(4-2)16-12)10-18-11-8-6-5-7-9-11/h5-9H,3-4,10H2,1-2H3. The molecule has 0 N–H and O–H groups in total. The number of aromatic nitrogens is 2. The molecule has 0 spiro atoms. The zero-order chi connectivity index (χ0) is 13.0. The van der Waals surface area contributed by atoms with E-state index in [2.05, 4.69) is 34.9 Å². The summed E-state index contributed by atoms with van der Waals surface area (Å²) in [5.41, 5.74) is 2.18. The zero-order valence-electron chi connectivity index (χ0n) is 10.7. The molecule has 2 rings (SSSR count). The highest BCUT2D eigenvalue weighted by Gasteiger charge is 2.14. The van der Waals surface area contributed by atoms with Gasteiger partial charge in [-0.25, -0.2) is 0 Å². The van der Waals surface area contributed by atoms with Crippen molar-refractivity contribution in [3.8, 4) is 5.75 Å². The summed E-state index contributed by atoms with van der Waals surface area (Å²) in [7, 11) is 0. The Labute approximate surface area is 116 Å². The van der Waals surface area contributed by atoms with Crippen LogP contribution in [0.5, 0.6) is 5.75 Å². The second-order valence-corrected chi connectivity index (χ2v) is 4.77. The van der Waals surface area contributed by atoms with Crippen LogP contribution >= 0.6 is 15.9 Å².